The van der Waals surface area contributed by atoms with Crippen molar-refractivity contribution in [1.29, 1.82) is 0 Å². The number of hydrogen-bond donors (Lipinski definition) is 0. The summed E-state index contributed by atoms with van der Waals surface area (Å²) in [5.41, 5.74) is 0.741. The predicted octanol–water partition coefficient (Wildman–Crippen LogP) is 5.58. The number of methoxy groups -OCH3 is 1. The first-order valence-corrected chi connectivity index (χ1v) is 11.2. The zero-order chi connectivity index (χ0) is 22.2. The SMILES string of the molecule is C=CCN1C(=O)/C(=C\c2cccc(OC)c2OCCCOc2ccccc2Cl)SC1=S. The smallest absolute Gasteiger partial charge is 0.266 e. The van der Waals surface area contributed by atoms with E-state index in [0.29, 0.717) is 57.7 Å². The van der Waals surface area contributed by atoms with E-state index in [1.54, 1.807) is 25.3 Å². The van der Waals surface area contributed by atoms with Gasteiger partial charge in [-0.25, -0.2) is 0 Å². The standard InChI is InChI=1S/C23H22ClNO4S2/c1-3-12-25-22(26)20(31-23(25)30)15-16-8-6-11-19(27-2)21(16)29-14-7-13-28-18-10-5-4-9-17(18)24/h3-6,8-11,15H,1,7,12-14H2,2H3/b20-15+. The second-order valence-corrected chi connectivity index (χ2v) is 8.52. The fourth-order valence-electron chi connectivity index (χ4n) is 2.87. The van der Waals surface area contributed by atoms with Crippen LogP contribution in [-0.2, 0) is 4.79 Å². The van der Waals surface area contributed by atoms with Crippen LogP contribution in [0, 0.1) is 0 Å². The molecule has 5 nitrogen and oxygen atoms in total. The molecule has 2 aromatic carbocycles. The Bertz CT molecular complexity index is 1010. The summed E-state index contributed by atoms with van der Waals surface area (Å²) in [7, 11) is 1.58. The summed E-state index contributed by atoms with van der Waals surface area (Å²) in [6.45, 7) is 4.92. The second-order valence-electron chi connectivity index (χ2n) is 6.44. The van der Waals surface area contributed by atoms with Crippen LogP contribution >= 0.6 is 35.6 Å². The van der Waals surface area contributed by atoms with Gasteiger partial charge in [0.2, 0.25) is 0 Å². The summed E-state index contributed by atoms with van der Waals surface area (Å²) in [6.07, 6.45) is 4.07. The van der Waals surface area contributed by atoms with E-state index in [1.807, 2.05) is 36.4 Å². The van der Waals surface area contributed by atoms with E-state index in [2.05, 4.69) is 6.58 Å². The molecular weight excluding hydrogens is 454 g/mol. The summed E-state index contributed by atoms with van der Waals surface area (Å²) in [5.74, 6) is 1.65. The lowest BCUT2D eigenvalue weighted by Crippen LogP contribution is -2.27. The Morgan fingerprint density at radius 3 is 2.61 bits per heavy atom. The Hall–Kier alpha value is -2.48. The number of para-hydroxylation sites is 2. The Morgan fingerprint density at radius 2 is 1.87 bits per heavy atom. The third-order valence-electron chi connectivity index (χ3n) is 4.33. The molecule has 2 aromatic rings. The molecule has 31 heavy (non-hydrogen) atoms. The molecule has 1 heterocycles. The Balaban J connectivity index is 1.68. The van der Waals surface area contributed by atoms with Crippen LogP contribution in [0.25, 0.3) is 6.08 Å². The van der Waals surface area contributed by atoms with Crippen molar-refractivity contribution in [2.45, 2.75) is 6.42 Å². The Morgan fingerprint density at radius 1 is 1.13 bits per heavy atom. The predicted molar refractivity (Wildman–Crippen MR) is 130 cm³/mol. The maximum absolute atomic E-state index is 12.6. The third kappa shape index (κ3) is 5.81. The van der Waals surface area contributed by atoms with Gasteiger partial charge < -0.3 is 14.2 Å². The molecule has 0 unspecified atom stereocenters. The first kappa shape index (κ1) is 23.2. The average Bonchev–Trinajstić information content (AvgIpc) is 3.03. The third-order valence-corrected chi connectivity index (χ3v) is 6.02. The number of hydrogen-bond acceptors (Lipinski definition) is 6. The number of carbonyl (C=O) groups is 1. The molecule has 1 fully saturated rings. The molecule has 1 aliphatic heterocycles. The Labute approximate surface area is 196 Å². The van der Waals surface area contributed by atoms with Gasteiger partial charge in [0.05, 0.1) is 30.3 Å². The van der Waals surface area contributed by atoms with E-state index in [-0.39, 0.29) is 5.91 Å². The van der Waals surface area contributed by atoms with Crippen molar-refractivity contribution in [3.63, 3.8) is 0 Å². The molecule has 0 saturated carbocycles. The van der Waals surface area contributed by atoms with Crippen LogP contribution in [-0.4, -0.2) is 42.0 Å². The zero-order valence-electron chi connectivity index (χ0n) is 17.0. The van der Waals surface area contributed by atoms with E-state index in [1.165, 1.54) is 16.7 Å². The van der Waals surface area contributed by atoms with E-state index in [4.69, 9.17) is 38.0 Å². The highest BCUT2D eigenvalue weighted by Gasteiger charge is 2.31. The number of carbonyl (C=O) groups excluding carboxylic acids is 1. The zero-order valence-corrected chi connectivity index (χ0v) is 19.4. The van der Waals surface area contributed by atoms with Crippen LogP contribution in [0.3, 0.4) is 0 Å². The van der Waals surface area contributed by atoms with E-state index in [9.17, 15) is 4.79 Å². The monoisotopic (exact) mass is 475 g/mol. The first-order chi connectivity index (χ1) is 15.0. The van der Waals surface area contributed by atoms with Gasteiger partial charge in [0.15, 0.2) is 11.5 Å². The van der Waals surface area contributed by atoms with E-state index in [0.717, 1.165) is 5.56 Å². The number of amides is 1. The van der Waals surface area contributed by atoms with Gasteiger partial charge in [-0.15, -0.1) is 6.58 Å². The van der Waals surface area contributed by atoms with Crippen molar-refractivity contribution in [2.24, 2.45) is 0 Å². The van der Waals surface area contributed by atoms with Crippen LogP contribution < -0.4 is 14.2 Å². The molecule has 0 radical (unpaired) electrons. The molecule has 1 saturated heterocycles. The molecule has 8 heteroatoms. The number of thiocarbonyl (C=S) groups is 1. The summed E-state index contributed by atoms with van der Waals surface area (Å²) in [6, 6.07) is 12.9. The number of rotatable bonds is 10. The van der Waals surface area contributed by atoms with E-state index < -0.39 is 0 Å². The van der Waals surface area contributed by atoms with Crippen LogP contribution in [0.15, 0.2) is 60.0 Å². The summed E-state index contributed by atoms with van der Waals surface area (Å²) < 4.78 is 17.7. The highest BCUT2D eigenvalue weighted by Crippen LogP contribution is 2.37. The van der Waals surface area contributed by atoms with Crippen LogP contribution in [0.1, 0.15) is 12.0 Å². The highest BCUT2D eigenvalue weighted by atomic mass is 35.5. The van der Waals surface area contributed by atoms with Crippen molar-refractivity contribution >= 4 is 51.9 Å². The molecule has 0 aromatic heterocycles. The highest BCUT2D eigenvalue weighted by molar-refractivity contribution is 8.26. The number of benzene rings is 2. The lowest BCUT2D eigenvalue weighted by molar-refractivity contribution is -0.121. The van der Waals surface area contributed by atoms with E-state index >= 15 is 0 Å². The minimum Gasteiger partial charge on any atom is -0.493 e. The summed E-state index contributed by atoms with van der Waals surface area (Å²) >= 11 is 12.7. The molecule has 162 valence electrons. The molecular formula is C23H22ClNO4S2. The maximum Gasteiger partial charge on any atom is 0.266 e. The summed E-state index contributed by atoms with van der Waals surface area (Å²) in [4.78, 5) is 14.7. The molecule has 1 amide bonds. The van der Waals surface area contributed by atoms with Crippen molar-refractivity contribution in [2.75, 3.05) is 26.9 Å². The number of ether oxygens (including phenoxy) is 3. The molecule has 0 spiro atoms. The topological polar surface area (TPSA) is 48.0 Å². The van der Waals surface area contributed by atoms with Gasteiger partial charge in [0, 0.05) is 18.5 Å². The van der Waals surface area contributed by atoms with Gasteiger partial charge in [-0.2, -0.15) is 0 Å². The van der Waals surface area contributed by atoms with Gasteiger partial charge in [0.1, 0.15) is 10.1 Å². The fourth-order valence-corrected chi connectivity index (χ4v) is 4.32. The van der Waals surface area contributed by atoms with Gasteiger partial charge in [-0.05, 0) is 24.3 Å². The van der Waals surface area contributed by atoms with Crippen molar-refractivity contribution in [3.8, 4) is 17.2 Å². The molecule has 3 rings (SSSR count). The van der Waals surface area contributed by atoms with Crippen LogP contribution in [0.2, 0.25) is 5.02 Å². The largest absolute Gasteiger partial charge is 0.493 e. The molecule has 0 bridgehead atoms. The second kappa shape index (κ2) is 11.2. The summed E-state index contributed by atoms with van der Waals surface area (Å²) in [5, 5.41) is 0.573. The van der Waals surface area contributed by atoms with Gasteiger partial charge >= 0.3 is 0 Å². The average molecular weight is 476 g/mol. The van der Waals surface area contributed by atoms with Crippen molar-refractivity contribution in [1.82, 2.24) is 4.90 Å². The van der Waals surface area contributed by atoms with Gasteiger partial charge in [-0.3, -0.25) is 9.69 Å². The van der Waals surface area contributed by atoms with Crippen molar-refractivity contribution < 1.29 is 19.0 Å². The Kier molecular flexibility index (Phi) is 8.40. The minimum absolute atomic E-state index is 0.142. The normalized spacial score (nSPS) is 14.8. The van der Waals surface area contributed by atoms with Crippen LogP contribution in [0.4, 0.5) is 0 Å². The van der Waals surface area contributed by atoms with Gasteiger partial charge in [-0.1, -0.05) is 65.9 Å². The minimum atomic E-state index is -0.142. The fraction of sp³-hybridized carbons (Fsp3) is 0.217. The van der Waals surface area contributed by atoms with Crippen LogP contribution in [0.5, 0.6) is 17.2 Å². The van der Waals surface area contributed by atoms with Crippen molar-refractivity contribution in [3.05, 3.63) is 70.6 Å². The number of thioether (sulfide) groups is 1. The molecule has 0 N–H and O–H groups in total. The lowest BCUT2D eigenvalue weighted by atomic mass is 10.1. The molecule has 0 atom stereocenters. The molecule has 0 aliphatic carbocycles. The maximum atomic E-state index is 12.6. The number of halogens is 1. The molecule has 1 aliphatic rings. The first-order valence-electron chi connectivity index (χ1n) is 9.58. The number of nitrogens with zero attached hydrogens (tertiary/aromatic N) is 1. The van der Waals surface area contributed by atoms with Gasteiger partial charge in [0.25, 0.3) is 5.91 Å². The quantitative estimate of drug-likeness (QED) is 0.193. The lowest BCUT2D eigenvalue weighted by Gasteiger charge is -2.14.